The maximum atomic E-state index is 12.9. The van der Waals surface area contributed by atoms with Gasteiger partial charge in [-0.3, -0.25) is 15.0 Å². The molecule has 0 saturated carbocycles. The van der Waals surface area contributed by atoms with Crippen molar-refractivity contribution < 1.29 is 9.59 Å². The molecule has 6 heteroatoms. The number of Topliss-reactive ketones (excluding diaryl/α,β-unsaturated/α-hetero) is 1. The van der Waals surface area contributed by atoms with Gasteiger partial charge in [-0.15, -0.1) is 0 Å². The lowest BCUT2D eigenvalue weighted by atomic mass is 10.1. The van der Waals surface area contributed by atoms with Crippen molar-refractivity contribution in [3.05, 3.63) is 101 Å². The minimum Gasteiger partial charge on any atom is -0.342 e. The molecule has 1 N–H and O–H groups in total. The average molecular weight is 455 g/mol. The first-order valence-corrected chi connectivity index (χ1v) is 11.7. The summed E-state index contributed by atoms with van der Waals surface area (Å²) >= 11 is 0. The van der Waals surface area contributed by atoms with Crippen molar-refractivity contribution in [1.29, 1.82) is 5.41 Å². The molecule has 0 spiro atoms. The third-order valence-corrected chi connectivity index (χ3v) is 6.19. The molecule has 1 amide bonds. The van der Waals surface area contributed by atoms with Gasteiger partial charge in [-0.2, -0.15) is 0 Å². The van der Waals surface area contributed by atoms with Gasteiger partial charge in [0.05, 0.1) is 17.6 Å². The summed E-state index contributed by atoms with van der Waals surface area (Å²) in [5, 5.41) is 8.90. The fourth-order valence-corrected chi connectivity index (χ4v) is 4.36. The van der Waals surface area contributed by atoms with Crippen LogP contribution in [0.5, 0.6) is 0 Å². The molecule has 0 fully saturated rings. The number of amides is 1. The molecule has 0 aliphatic heterocycles. The molecule has 0 aliphatic carbocycles. The van der Waals surface area contributed by atoms with Gasteiger partial charge in [0.25, 0.3) is 5.91 Å². The predicted molar refractivity (Wildman–Crippen MR) is 134 cm³/mol. The van der Waals surface area contributed by atoms with Crippen LogP contribution in [0.25, 0.3) is 11.0 Å². The normalized spacial score (nSPS) is 11.0. The Morgan fingerprint density at radius 2 is 1.50 bits per heavy atom. The van der Waals surface area contributed by atoms with Crippen molar-refractivity contribution >= 4 is 22.7 Å². The van der Waals surface area contributed by atoms with Crippen LogP contribution < -0.4 is 5.62 Å². The van der Waals surface area contributed by atoms with Gasteiger partial charge in [0, 0.05) is 31.3 Å². The number of carbonyl (C=O) groups excluding carboxylic acids is 2. The van der Waals surface area contributed by atoms with Gasteiger partial charge in [0.2, 0.25) is 5.62 Å². The smallest absolute Gasteiger partial charge is 0.253 e. The lowest BCUT2D eigenvalue weighted by molar-refractivity contribution is 0.0791. The van der Waals surface area contributed by atoms with Gasteiger partial charge < -0.3 is 14.0 Å². The van der Waals surface area contributed by atoms with E-state index in [0.29, 0.717) is 36.3 Å². The second-order valence-corrected chi connectivity index (χ2v) is 8.44. The van der Waals surface area contributed by atoms with E-state index in [-0.39, 0.29) is 18.2 Å². The second-order valence-electron chi connectivity index (χ2n) is 8.44. The van der Waals surface area contributed by atoms with E-state index >= 15 is 0 Å². The standard InChI is InChI=1S/C28H30N4O2/c1-3-21-16-10-17-24-26(21)31(19-11-18-30(2)27(34)23-14-8-5-9-15-23)28(29)32(24)20-25(33)22-12-6-4-7-13-22/h4-10,12-17,29H,3,11,18-20H2,1-2H3. The van der Waals surface area contributed by atoms with Crippen molar-refractivity contribution in [1.82, 2.24) is 14.0 Å². The zero-order valence-electron chi connectivity index (χ0n) is 19.7. The maximum Gasteiger partial charge on any atom is 0.253 e. The van der Waals surface area contributed by atoms with E-state index in [1.165, 1.54) is 0 Å². The van der Waals surface area contributed by atoms with Crippen molar-refractivity contribution in [2.24, 2.45) is 0 Å². The van der Waals surface area contributed by atoms with Crippen LogP contribution in [0.15, 0.2) is 78.9 Å². The summed E-state index contributed by atoms with van der Waals surface area (Å²) < 4.78 is 3.77. The second kappa shape index (κ2) is 10.3. The number of carbonyl (C=O) groups is 2. The molecular weight excluding hydrogens is 424 g/mol. The van der Waals surface area contributed by atoms with Crippen LogP contribution >= 0.6 is 0 Å². The Bertz CT molecular complexity index is 1350. The van der Waals surface area contributed by atoms with Gasteiger partial charge in [-0.25, -0.2) is 0 Å². The SMILES string of the molecule is CCc1cccc2c1n(CCCN(C)C(=O)c1ccccc1)c(=N)n2CC(=O)c1ccccc1. The molecule has 0 unspecified atom stereocenters. The molecule has 0 bridgehead atoms. The Labute approximate surface area is 199 Å². The highest BCUT2D eigenvalue weighted by molar-refractivity contribution is 5.96. The van der Waals surface area contributed by atoms with Crippen LogP contribution in [-0.4, -0.2) is 39.3 Å². The third-order valence-electron chi connectivity index (χ3n) is 6.19. The summed E-state index contributed by atoms with van der Waals surface area (Å²) in [7, 11) is 1.81. The highest BCUT2D eigenvalue weighted by Gasteiger charge is 2.17. The Morgan fingerprint density at radius 3 is 2.15 bits per heavy atom. The number of rotatable bonds is 9. The van der Waals surface area contributed by atoms with Gasteiger partial charge >= 0.3 is 0 Å². The number of hydrogen-bond acceptors (Lipinski definition) is 3. The molecule has 0 aliphatic rings. The quantitative estimate of drug-likeness (QED) is 0.378. The van der Waals surface area contributed by atoms with Crippen LogP contribution in [-0.2, 0) is 19.5 Å². The highest BCUT2D eigenvalue weighted by atomic mass is 16.2. The number of aryl methyl sites for hydroxylation is 2. The molecule has 1 heterocycles. The topological polar surface area (TPSA) is 71.1 Å². The van der Waals surface area contributed by atoms with Crippen LogP contribution in [0, 0.1) is 5.41 Å². The molecule has 6 nitrogen and oxygen atoms in total. The first kappa shape index (κ1) is 23.2. The number of fused-ring (bicyclic) bond motifs is 1. The Kier molecular flexibility index (Phi) is 7.07. The number of ketones is 1. The van der Waals surface area contributed by atoms with Crippen molar-refractivity contribution in [3.8, 4) is 0 Å². The number of nitrogens with zero attached hydrogens (tertiary/aromatic N) is 3. The van der Waals surface area contributed by atoms with Gasteiger partial charge in [-0.1, -0.05) is 67.6 Å². The van der Waals surface area contributed by atoms with E-state index in [4.69, 9.17) is 5.41 Å². The minimum absolute atomic E-state index is 0.0122. The van der Waals surface area contributed by atoms with Crippen LogP contribution in [0.3, 0.4) is 0 Å². The van der Waals surface area contributed by atoms with Crippen LogP contribution in [0.2, 0.25) is 0 Å². The highest BCUT2D eigenvalue weighted by Crippen LogP contribution is 2.20. The average Bonchev–Trinajstić information content (AvgIpc) is 3.15. The van der Waals surface area contributed by atoms with Crippen molar-refractivity contribution in [3.63, 3.8) is 0 Å². The van der Waals surface area contributed by atoms with E-state index in [0.717, 1.165) is 23.0 Å². The largest absolute Gasteiger partial charge is 0.342 e. The number of para-hydroxylation sites is 1. The Hall–Kier alpha value is -3.93. The molecule has 4 aromatic rings. The zero-order chi connectivity index (χ0) is 24.1. The molecule has 0 atom stereocenters. The number of hydrogen-bond donors (Lipinski definition) is 1. The van der Waals surface area contributed by atoms with E-state index in [9.17, 15) is 9.59 Å². The van der Waals surface area contributed by atoms with E-state index in [2.05, 4.69) is 13.0 Å². The first-order chi connectivity index (χ1) is 16.5. The molecule has 3 aromatic carbocycles. The minimum atomic E-state index is -0.0201. The first-order valence-electron chi connectivity index (χ1n) is 11.7. The summed E-state index contributed by atoms with van der Waals surface area (Å²) in [5.74, 6) is -0.0323. The van der Waals surface area contributed by atoms with Gasteiger partial charge in [0.1, 0.15) is 0 Å². The number of aromatic nitrogens is 2. The number of imidazole rings is 1. The summed E-state index contributed by atoms with van der Waals surface area (Å²) in [6.07, 6.45) is 1.54. The Balaban J connectivity index is 1.58. The lowest BCUT2D eigenvalue weighted by Gasteiger charge is -2.17. The third kappa shape index (κ3) is 4.71. The molecule has 34 heavy (non-hydrogen) atoms. The lowest BCUT2D eigenvalue weighted by Crippen LogP contribution is -2.31. The van der Waals surface area contributed by atoms with E-state index < -0.39 is 0 Å². The van der Waals surface area contributed by atoms with Crippen molar-refractivity contribution in [2.45, 2.75) is 32.9 Å². The molecule has 1 aromatic heterocycles. The van der Waals surface area contributed by atoms with Gasteiger partial charge in [-0.05, 0) is 36.6 Å². The fourth-order valence-electron chi connectivity index (χ4n) is 4.36. The van der Waals surface area contributed by atoms with Gasteiger partial charge in [0.15, 0.2) is 5.78 Å². The molecule has 0 radical (unpaired) electrons. The summed E-state index contributed by atoms with van der Waals surface area (Å²) in [6, 6.07) is 24.5. The zero-order valence-corrected chi connectivity index (χ0v) is 19.7. The fraction of sp³-hybridized carbons (Fsp3) is 0.250. The van der Waals surface area contributed by atoms with Crippen molar-refractivity contribution in [2.75, 3.05) is 13.6 Å². The number of benzene rings is 3. The summed E-state index contributed by atoms with van der Waals surface area (Å²) in [5.41, 5.74) is 4.64. The molecule has 4 rings (SSSR count). The monoisotopic (exact) mass is 454 g/mol. The molecule has 174 valence electrons. The maximum absolute atomic E-state index is 12.9. The van der Waals surface area contributed by atoms with Crippen LogP contribution in [0.4, 0.5) is 0 Å². The number of nitrogens with one attached hydrogen (secondary N) is 1. The predicted octanol–water partition coefficient (Wildman–Crippen LogP) is 4.53. The van der Waals surface area contributed by atoms with E-state index in [1.54, 1.807) is 16.5 Å². The summed E-state index contributed by atoms with van der Waals surface area (Å²) in [6.45, 7) is 3.38. The molecular formula is C28H30N4O2. The summed E-state index contributed by atoms with van der Waals surface area (Å²) in [4.78, 5) is 27.3. The van der Waals surface area contributed by atoms with Crippen LogP contribution in [0.1, 0.15) is 39.6 Å². The Morgan fingerprint density at radius 1 is 0.853 bits per heavy atom. The van der Waals surface area contributed by atoms with E-state index in [1.807, 2.05) is 77.4 Å². The molecule has 0 saturated heterocycles.